The van der Waals surface area contributed by atoms with Crippen LogP contribution in [0.3, 0.4) is 0 Å². The van der Waals surface area contributed by atoms with Crippen LogP contribution >= 0.6 is 11.3 Å². The van der Waals surface area contributed by atoms with Gasteiger partial charge in [-0.1, -0.05) is 48.6 Å². The van der Waals surface area contributed by atoms with E-state index in [0.29, 0.717) is 5.00 Å². The molecule has 0 bridgehead atoms. The summed E-state index contributed by atoms with van der Waals surface area (Å²) in [6, 6.07) is 9.39. The molecule has 0 aliphatic heterocycles. The Balaban J connectivity index is 2.07. The first-order valence-corrected chi connectivity index (χ1v) is 7.98. The van der Waals surface area contributed by atoms with Crippen LogP contribution in [0.5, 0.6) is 0 Å². The summed E-state index contributed by atoms with van der Waals surface area (Å²) in [4.78, 5) is 28.9. The maximum atomic E-state index is 12.2. The Labute approximate surface area is 138 Å². The zero-order valence-corrected chi connectivity index (χ0v) is 14.1. The van der Waals surface area contributed by atoms with Gasteiger partial charge < -0.3 is 10.0 Å². The molecule has 0 fully saturated rings. The van der Waals surface area contributed by atoms with Crippen LogP contribution in [0.4, 0.5) is 9.80 Å². The lowest BCUT2D eigenvalue weighted by Crippen LogP contribution is -2.36. The van der Waals surface area contributed by atoms with E-state index in [0.717, 1.165) is 16.3 Å². The molecule has 1 aromatic heterocycles. The molecule has 0 saturated heterocycles. The summed E-state index contributed by atoms with van der Waals surface area (Å²) in [5.74, 6) is -1.54. The monoisotopic (exact) mass is 333 g/mol. The Kier molecular flexibility index (Phi) is 5.33. The summed E-state index contributed by atoms with van der Waals surface area (Å²) in [6.45, 7) is 3.54. The Hall–Kier alpha value is -2.41. The van der Waals surface area contributed by atoms with Crippen molar-refractivity contribution in [3.63, 3.8) is 0 Å². The van der Waals surface area contributed by atoms with Crippen molar-refractivity contribution in [2.45, 2.75) is 13.8 Å². The van der Waals surface area contributed by atoms with Crippen LogP contribution < -0.4 is 5.32 Å². The molecule has 0 aliphatic rings. The summed E-state index contributed by atoms with van der Waals surface area (Å²) in [5.41, 5.74) is 1.73. The highest BCUT2D eigenvalue weighted by Gasteiger charge is 2.19. The molecule has 7 heteroatoms. The van der Waals surface area contributed by atoms with Crippen molar-refractivity contribution in [3.05, 3.63) is 36.0 Å². The highest BCUT2D eigenvalue weighted by Crippen LogP contribution is 2.31. The predicted molar refractivity (Wildman–Crippen MR) is 90.7 cm³/mol. The minimum absolute atomic E-state index is 0.143. The van der Waals surface area contributed by atoms with Crippen molar-refractivity contribution in [1.82, 2.24) is 9.88 Å². The molecule has 1 atom stereocenters. The summed E-state index contributed by atoms with van der Waals surface area (Å²) < 4.78 is 0. The van der Waals surface area contributed by atoms with Gasteiger partial charge in [-0.15, -0.1) is 0 Å². The molecule has 1 aromatic carbocycles. The van der Waals surface area contributed by atoms with Gasteiger partial charge in [0.1, 0.15) is 10.0 Å². The first kappa shape index (κ1) is 17.0. The number of hydrogen-bond acceptors (Lipinski definition) is 4. The fourth-order valence-electron chi connectivity index (χ4n) is 1.98. The van der Waals surface area contributed by atoms with E-state index in [9.17, 15) is 9.59 Å². The van der Waals surface area contributed by atoms with Crippen molar-refractivity contribution >= 4 is 28.3 Å². The number of carbonyl (C=O) groups is 2. The average Bonchev–Trinajstić information content (AvgIpc) is 2.89. The molecule has 1 unspecified atom stereocenters. The Morgan fingerprint density at radius 3 is 2.61 bits per heavy atom. The molecule has 2 rings (SSSR count). The number of benzene rings is 1. The largest absolute Gasteiger partial charge is 0.481 e. The third-order valence-corrected chi connectivity index (χ3v) is 4.48. The lowest BCUT2D eigenvalue weighted by Gasteiger charge is -2.19. The highest BCUT2D eigenvalue weighted by atomic mass is 32.1. The lowest BCUT2D eigenvalue weighted by atomic mass is 10.2. The van der Waals surface area contributed by atoms with Crippen molar-refractivity contribution in [3.8, 4) is 10.6 Å². The van der Waals surface area contributed by atoms with Crippen molar-refractivity contribution in [2.24, 2.45) is 5.92 Å². The summed E-state index contributed by atoms with van der Waals surface area (Å²) in [7, 11) is 1.57. The predicted octanol–water partition coefficient (Wildman–Crippen LogP) is 3.30. The number of carboxylic acid groups (broad SMARTS) is 1. The molecule has 2 aromatic rings. The van der Waals surface area contributed by atoms with Gasteiger partial charge in [-0.05, 0) is 6.92 Å². The zero-order valence-electron chi connectivity index (χ0n) is 13.2. The molecule has 2 amide bonds. The first-order chi connectivity index (χ1) is 10.9. The minimum atomic E-state index is -0.926. The SMILES string of the molecule is Cc1nc(-c2ccccc2)sc1NC(=O)N(C)CC(C)C(=O)O. The van der Waals surface area contributed by atoms with E-state index in [1.165, 1.54) is 16.2 Å². The van der Waals surface area contributed by atoms with Gasteiger partial charge in [0.05, 0.1) is 11.6 Å². The Morgan fingerprint density at radius 1 is 1.35 bits per heavy atom. The Morgan fingerprint density at radius 2 is 2.00 bits per heavy atom. The van der Waals surface area contributed by atoms with E-state index < -0.39 is 11.9 Å². The van der Waals surface area contributed by atoms with Gasteiger partial charge in [0.15, 0.2) is 0 Å². The number of anilines is 1. The van der Waals surface area contributed by atoms with Crippen molar-refractivity contribution < 1.29 is 14.7 Å². The van der Waals surface area contributed by atoms with E-state index in [1.54, 1.807) is 14.0 Å². The van der Waals surface area contributed by atoms with Crippen LogP contribution in [-0.4, -0.2) is 40.6 Å². The number of rotatable bonds is 5. The van der Waals surface area contributed by atoms with Crippen molar-refractivity contribution in [1.29, 1.82) is 0 Å². The third kappa shape index (κ3) is 4.29. The van der Waals surface area contributed by atoms with E-state index in [1.807, 2.05) is 37.3 Å². The number of carboxylic acids is 1. The molecular weight excluding hydrogens is 314 g/mol. The molecule has 23 heavy (non-hydrogen) atoms. The molecule has 0 radical (unpaired) electrons. The second-order valence-corrected chi connectivity index (χ2v) is 6.35. The molecule has 1 heterocycles. The van der Waals surface area contributed by atoms with Crippen molar-refractivity contribution in [2.75, 3.05) is 18.9 Å². The normalized spacial score (nSPS) is 11.8. The third-order valence-electron chi connectivity index (χ3n) is 3.35. The number of urea groups is 1. The van der Waals surface area contributed by atoms with Gasteiger partial charge in [0.25, 0.3) is 0 Å². The number of hydrogen-bond donors (Lipinski definition) is 2. The quantitative estimate of drug-likeness (QED) is 0.879. The fraction of sp³-hybridized carbons (Fsp3) is 0.312. The van der Waals surface area contributed by atoms with E-state index in [4.69, 9.17) is 5.11 Å². The van der Waals surface area contributed by atoms with Crippen LogP contribution in [0.25, 0.3) is 10.6 Å². The highest BCUT2D eigenvalue weighted by molar-refractivity contribution is 7.19. The van der Waals surface area contributed by atoms with E-state index >= 15 is 0 Å². The number of aryl methyl sites for hydroxylation is 1. The minimum Gasteiger partial charge on any atom is -0.481 e. The van der Waals surface area contributed by atoms with Crippen LogP contribution in [0.15, 0.2) is 30.3 Å². The van der Waals surface area contributed by atoms with Gasteiger partial charge in [-0.3, -0.25) is 10.1 Å². The van der Waals surface area contributed by atoms with Crippen LogP contribution in [-0.2, 0) is 4.79 Å². The van der Waals surface area contributed by atoms with Crippen LogP contribution in [0, 0.1) is 12.8 Å². The lowest BCUT2D eigenvalue weighted by molar-refractivity contribution is -0.141. The summed E-state index contributed by atoms with van der Waals surface area (Å²) in [6.07, 6.45) is 0. The smallest absolute Gasteiger partial charge is 0.322 e. The molecule has 0 spiro atoms. The van der Waals surface area contributed by atoms with E-state index in [-0.39, 0.29) is 12.6 Å². The second-order valence-electron chi connectivity index (χ2n) is 5.35. The number of nitrogens with one attached hydrogen (secondary N) is 1. The number of carbonyl (C=O) groups excluding carboxylic acids is 1. The maximum absolute atomic E-state index is 12.2. The van der Waals surface area contributed by atoms with Gasteiger partial charge in [-0.2, -0.15) is 0 Å². The first-order valence-electron chi connectivity index (χ1n) is 7.16. The number of aromatic nitrogens is 1. The molecule has 0 aliphatic carbocycles. The summed E-state index contributed by atoms with van der Waals surface area (Å²) >= 11 is 1.40. The zero-order chi connectivity index (χ0) is 17.0. The van der Waals surface area contributed by atoms with Gasteiger partial charge in [-0.25, -0.2) is 9.78 Å². The molecular formula is C16H19N3O3S. The number of aliphatic carboxylic acids is 1. The van der Waals surface area contributed by atoms with Gasteiger partial charge >= 0.3 is 12.0 Å². The van der Waals surface area contributed by atoms with Crippen LogP contribution in [0.1, 0.15) is 12.6 Å². The maximum Gasteiger partial charge on any atom is 0.322 e. The number of nitrogens with zero attached hydrogens (tertiary/aromatic N) is 2. The molecule has 122 valence electrons. The Bertz CT molecular complexity index is 700. The average molecular weight is 333 g/mol. The topological polar surface area (TPSA) is 82.5 Å². The van der Waals surface area contributed by atoms with Crippen LogP contribution in [0.2, 0.25) is 0 Å². The molecule has 6 nitrogen and oxygen atoms in total. The van der Waals surface area contributed by atoms with E-state index in [2.05, 4.69) is 10.3 Å². The standard InChI is InChI=1S/C16H19N3O3S/c1-10(15(20)21)9-19(3)16(22)18-13-11(2)17-14(23-13)12-7-5-4-6-8-12/h4-8,10H,9H2,1-3H3,(H,18,22)(H,20,21). The number of thiazole rings is 1. The summed E-state index contributed by atoms with van der Waals surface area (Å²) in [5, 5.41) is 13.2. The molecule has 2 N–H and O–H groups in total. The number of amides is 2. The molecule has 0 saturated carbocycles. The second kappa shape index (κ2) is 7.23. The van der Waals surface area contributed by atoms with Gasteiger partial charge in [0.2, 0.25) is 0 Å². The van der Waals surface area contributed by atoms with Gasteiger partial charge in [0, 0.05) is 19.2 Å². The fourth-order valence-corrected chi connectivity index (χ4v) is 2.94.